The van der Waals surface area contributed by atoms with E-state index in [-0.39, 0.29) is 17.8 Å². The summed E-state index contributed by atoms with van der Waals surface area (Å²) < 4.78 is 5.16. The number of aliphatic hydroxyl groups excluding tert-OH is 1. The van der Waals surface area contributed by atoms with Crippen molar-refractivity contribution in [2.45, 2.75) is 51.0 Å². The van der Waals surface area contributed by atoms with Crippen LogP contribution in [0.15, 0.2) is 18.2 Å². The molecule has 2 rings (SSSR count). The maximum absolute atomic E-state index is 11.7. The number of benzene rings is 1. The number of rotatable bonds is 3. The van der Waals surface area contributed by atoms with E-state index in [0.717, 1.165) is 24.8 Å². The molecule has 0 spiro atoms. The summed E-state index contributed by atoms with van der Waals surface area (Å²) in [6.45, 7) is 5.39. The van der Waals surface area contributed by atoms with Crippen molar-refractivity contribution in [3.05, 3.63) is 23.8 Å². The highest BCUT2D eigenvalue weighted by Gasteiger charge is 2.39. The van der Waals surface area contributed by atoms with E-state index >= 15 is 0 Å². The number of phenolic OH excluding ortho intramolecular Hbond substituents is 1. The summed E-state index contributed by atoms with van der Waals surface area (Å²) in [5, 5.41) is 22.3. The first-order valence-electron chi connectivity index (χ1n) is 7.20. The van der Waals surface area contributed by atoms with Crippen molar-refractivity contribution in [1.82, 2.24) is 0 Å². The van der Waals surface area contributed by atoms with Crippen LogP contribution in [0.3, 0.4) is 0 Å². The number of carbonyl (C=O) groups is 1. The Morgan fingerprint density at radius 2 is 2.05 bits per heavy atom. The van der Waals surface area contributed by atoms with E-state index in [9.17, 15) is 15.0 Å². The number of hydrogen-bond acceptors (Lipinski definition) is 4. The zero-order valence-electron chi connectivity index (χ0n) is 12.8. The van der Waals surface area contributed by atoms with Crippen LogP contribution in [0.5, 0.6) is 5.75 Å². The predicted molar refractivity (Wildman–Crippen MR) is 80.6 cm³/mol. The Bertz CT molecular complexity index is 524. The highest BCUT2D eigenvalue weighted by molar-refractivity contribution is 5.85. The molecule has 0 heterocycles. The Hall–Kier alpha value is -1.75. The van der Waals surface area contributed by atoms with Gasteiger partial charge in [0.2, 0.25) is 0 Å². The van der Waals surface area contributed by atoms with Crippen LogP contribution in [0.1, 0.15) is 45.6 Å². The van der Waals surface area contributed by atoms with Crippen LogP contribution >= 0.6 is 0 Å². The molecule has 0 aromatic heterocycles. The van der Waals surface area contributed by atoms with Gasteiger partial charge in [-0.15, -0.1) is 0 Å². The van der Waals surface area contributed by atoms with Gasteiger partial charge in [-0.1, -0.05) is 12.5 Å². The van der Waals surface area contributed by atoms with Gasteiger partial charge in [0, 0.05) is 22.7 Å². The number of anilines is 1. The summed E-state index contributed by atoms with van der Waals surface area (Å²) >= 11 is 0. The normalized spacial score (nSPS) is 17.0. The van der Waals surface area contributed by atoms with Crippen LogP contribution in [0, 0.1) is 0 Å². The molecule has 5 heteroatoms. The van der Waals surface area contributed by atoms with Crippen molar-refractivity contribution in [2.75, 3.05) is 11.9 Å². The number of hydrogen-bond donors (Lipinski definition) is 3. The first-order chi connectivity index (χ1) is 9.76. The Labute approximate surface area is 124 Å². The van der Waals surface area contributed by atoms with Crippen molar-refractivity contribution in [3.8, 4) is 5.75 Å². The molecule has 1 amide bonds. The van der Waals surface area contributed by atoms with Gasteiger partial charge in [-0.3, -0.25) is 5.32 Å². The first kappa shape index (κ1) is 15.6. The number of aliphatic hydroxyl groups is 1. The fourth-order valence-corrected chi connectivity index (χ4v) is 2.60. The van der Waals surface area contributed by atoms with E-state index in [0.29, 0.717) is 5.69 Å². The molecule has 0 bridgehead atoms. The fraction of sp³-hybridized carbons (Fsp3) is 0.562. The summed E-state index contributed by atoms with van der Waals surface area (Å²) in [4.78, 5) is 11.7. The molecule has 0 saturated heterocycles. The highest BCUT2D eigenvalue weighted by atomic mass is 16.6. The Morgan fingerprint density at radius 3 is 2.48 bits per heavy atom. The monoisotopic (exact) mass is 293 g/mol. The smallest absolute Gasteiger partial charge is 0.412 e. The van der Waals surface area contributed by atoms with Gasteiger partial charge in [0.25, 0.3) is 0 Å². The van der Waals surface area contributed by atoms with Gasteiger partial charge in [-0.2, -0.15) is 0 Å². The number of amides is 1. The molecular weight excluding hydrogens is 270 g/mol. The molecule has 116 valence electrons. The van der Waals surface area contributed by atoms with Crippen molar-refractivity contribution in [3.63, 3.8) is 0 Å². The molecule has 0 unspecified atom stereocenters. The zero-order valence-corrected chi connectivity index (χ0v) is 12.8. The van der Waals surface area contributed by atoms with E-state index in [1.54, 1.807) is 32.9 Å². The van der Waals surface area contributed by atoms with Gasteiger partial charge in [0.05, 0.1) is 6.61 Å². The van der Waals surface area contributed by atoms with Crippen LogP contribution in [-0.4, -0.2) is 28.5 Å². The summed E-state index contributed by atoms with van der Waals surface area (Å²) in [5.74, 6) is 0.0947. The van der Waals surface area contributed by atoms with E-state index in [1.165, 1.54) is 6.07 Å². The summed E-state index contributed by atoms with van der Waals surface area (Å²) in [7, 11) is 0. The largest absolute Gasteiger partial charge is 0.508 e. The SMILES string of the molecule is CC(C)(C)OC(=O)Nc1ccc(C2(CO)CCC2)c(O)c1. The van der Waals surface area contributed by atoms with Gasteiger partial charge in [0.15, 0.2) is 0 Å². The van der Waals surface area contributed by atoms with Gasteiger partial charge < -0.3 is 14.9 Å². The van der Waals surface area contributed by atoms with Crippen LogP contribution < -0.4 is 5.32 Å². The lowest BCUT2D eigenvalue weighted by atomic mass is 9.65. The lowest BCUT2D eigenvalue weighted by Crippen LogP contribution is -2.37. The maximum atomic E-state index is 11.7. The lowest BCUT2D eigenvalue weighted by molar-refractivity contribution is 0.0636. The second kappa shape index (κ2) is 5.56. The Balaban J connectivity index is 2.11. The summed E-state index contributed by atoms with van der Waals surface area (Å²) in [6.07, 6.45) is 2.24. The molecule has 5 nitrogen and oxygen atoms in total. The molecule has 1 aromatic carbocycles. The fourth-order valence-electron chi connectivity index (χ4n) is 2.60. The minimum absolute atomic E-state index is 0.0272. The minimum Gasteiger partial charge on any atom is -0.508 e. The third kappa shape index (κ3) is 3.47. The van der Waals surface area contributed by atoms with Gasteiger partial charge in [0.1, 0.15) is 11.4 Å². The van der Waals surface area contributed by atoms with Gasteiger partial charge in [-0.05, 0) is 39.7 Å². The third-order valence-electron chi connectivity index (χ3n) is 3.83. The third-order valence-corrected chi connectivity index (χ3v) is 3.83. The lowest BCUT2D eigenvalue weighted by Gasteiger charge is -2.41. The maximum Gasteiger partial charge on any atom is 0.412 e. The van der Waals surface area contributed by atoms with E-state index in [2.05, 4.69) is 5.32 Å². The average molecular weight is 293 g/mol. The number of ether oxygens (including phenoxy) is 1. The van der Waals surface area contributed by atoms with Crippen LogP contribution in [0.2, 0.25) is 0 Å². The second-order valence-corrected chi connectivity index (χ2v) is 6.65. The molecule has 1 aromatic rings. The molecule has 21 heavy (non-hydrogen) atoms. The molecule has 3 N–H and O–H groups in total. The van der Waals surface area contributed by atoms with Crippen molar-refractivity contribution in [1.29, 1.82) is 0 Å². The Morgan fingerprint density at radius 1 is 1.38 bits per heavy atom. The van der Waals surface area contributed by atoms with E-state index < -0.39 is 11.7 Å². The highest BCUT2D eigenvalue weighted by Crippen LogP contribution is 2.46. The molecule has 1 saturated carbocycles. The number of carbonyl (C=O) groups excluding carboxylic acids is 1. The number of nitrogens with one attached hydrogen (secondary N) is 1. The van der Waals surface area contributed by atoms with Gasteiger partial charge >= 0.3 is 6.09 Å². The molecule has 1 aliphatic carbocycles. The van der Waals surface area contributed by atoms with Crippen LogP contribution in [-0.2, 0) is 10.2 Å². The predicted octanol–water partition coefficient (Wildman–Crippen LogP) is 3.15. The number of aromatic hydroxyl groups is 1. The molecule has 0 atom stereocenters. The molecule has 1 aliphatic rings. The molecule has 1 fully saturated rings. The summed E-state index contributed by atoms with van der Waals surface area (Å²) in [5.41, 5.74) is 0.317. The standard InChI is InChI=1S/C16H23NO4/c1-15(2,3)21-14(20)17-11-5-6-12(13(19)9-11)16(10-18)7-4-8-16/h5-6,9,18-19H,4,7-8,10H2,1-3H3,(H,17,20). The van der Waals surface area contributed by atoms with Crippen LogP contribution in [0.25, 0.3) is 0 Å². The number of phenols is 1. The minimum atomic E-state index is -0.570. The quantitative estimate of drug-likeness (QED) is 0.800. The van der Waals surface area contributed by atoms with E-state index in [1.807, 2.05) is 0 Å². The van der Waals surface area contributed by atoms with Crippen molar-refractivity contribution < 1.29 is 19.7 Å². The van der Waals surface area contributed by atoms with E-state index in [4.69, 9.17) is 4.74 Å². The molecule has 0 aliphatic heterocycles. The zero-order chi connectivity index (χ0) is 15.7. The summed E-state index contributed by atoms with van der Waals surface area (Å²) in [6, 6.07) is 4.97. The second-order valence-electron chi connectivity index (χ2n) is 6.65. The average Bonchev–Trinajstić information content (AvgIpc) is 2.28. The topological polar surface area (TPSA) is 78.8 Å². The van der Waals surface area contributed by atoms with Crippen molar-refractivity contribution in [2.24, 2.45) is 0 Å². The van der Waals surface area contributed by atoms with Crippen LogP contribution in [0.4, 0.5) is 10.5 Å². The molecular formula is C16H23NO4. The van der Waals surface area contributed by atoms with Crippen molar-refractivity contribution >= 4 is 11.8 Å². The first-order valence-corrected chi connectivity index (χ1v) is 7.20. The Kier molecular flexibility index (Phi) is 4.14. The van der Waals surface area contributed by atoms with Gasteiger partial charge in [-0.25, -0.2) is 4.79 Å². The molecule has 0 radical (unpaired) electrons.